The van der Waals surface area contributed by atoms with Crippen molar-refractivity contribution in [3.8, 4) is 5.82 Å². The molecule has 2 amide bonds. The molecule has 4 aromatic rings. The Labute approximate surface area is 252 Å². The van der Waals surface area contributed by atoms with Crippen LogP contribution in [-0.4, -0.2) is 41.0 Å². The molecule has 0 fully saturated rings. The predicted octanol–water partition coefficient (Wildman–Crippen LogP) is 5.40. The number of amides is 2. The lowest BCUT2D eigenvalue weighted by molar-refractivity contribution is 0.0944. The van der Waals surface area contributed by atoms with E-state index < -0.39 is 21.8 Å². The van der Waals surface area contributed by atoms with Gasteiger partial charge in [0.25, 0.3) is 11.8 Å². The van der Waals surface area contributed by atoms with Crippen LogP contribution < -0.4 is 15.4 Å². The molecule has 41 heavy (non-hydrogen) atoms. The molecule has 214 valence electrons. The number of hydrogen-bond donors (Lipinski definition) is 3. The van der Waals surface area contributed by atoms with Crippen LogP contribution in [0.3, 0.4) is 0 Å². The average Bonchev–Trinajstić information content (AvgIpc) is 3.33. The van der Waals surface area contributed by atoms with Crippen molar-refractivity contribution >= 4 is 62.3 Å². The van der Waals surface area contributed by atoms with Crippen molar-refractivity contribution < 1.29 is 18.0 Å². The van der Waals surface area contributed by atoms with Gasteiger partial charge in [0.05, 0.1) is 33.5 Å². The highest BCUT2D eigenvalue weighted by atomic mass is 35.5. The van der Waals surface area contributed by atoms with E-state index in [2.05, 4.69) is 25.4 Å². The van der Waals surface area contributed by atoms with E-state index in [1.54, 1.807) is 37.3 Å². The largest absolute Gasteiger partial charge is 0.350 e. The maximum absolute atomic E-state index is 13.7. The summed E-state index contributed by atoms with van der Waals surface area (Å²) in [5.74, 6) is -0.926. The van der Waals surface area contributed by atoms with Gasteiger partial charge in [-0.15, -0.1) is 0 Å². The zero-order valence-corrected chi connectivity index (χ0v) is 25.2. The van der Waals surface area contributed by atoms with Gasteiger partial charge < -0.3 is 10.6 Å². The van der Waals surface area contributed by atoms with E-state index in [0.29, 0.717) is 10.6 Å². The van der Waals surface area contributed by atoms with Crippen LogP contribution >= 0.6 is 34.8 Å². The van der Waals surface area contributed by atoms with Crippen LogP contribution in [0, 0.1) is 6.92 Å². The SMILES string of the molecule is Cc1cc(Cl)cc(C(=O)NC(C)C)c1NC(=O)c1cc(CNS(=O)(=O)c2ccccc2Cl)nn1-c1ncccc1Cl. The third-order valence-electron chi connectivity index (χ3n) is 5.70. The molecule has 2 aromatic heterocycles. The molecule has 2 heterocycles. The van der Waals surface area contributed by atoms with E-state index in [9.17, 15) is 18.0 Å². The lowest BCUT2D eigenvalue weighted by atomic mass is 10.1. The van der Waals surface area contributed by atoms with Crippen molar-refractivity contribution in [2.45, 2.75) is 38.3 Å². The molecular formula is C27H25Cl3N6O4S. The number of hydrogen-bond acceptors (Lipinski definition) is 6. The highest BCUT2D eigenvalue weighted by molar-refractivity contribution is 7.89. The first kappa shape index (κ1) is 30.5. The maximum Gasteiger partial charge on any atom is 0.274 e. The van der Waals surface area contributed by atoms with Gasteiger partial charge in [0.1, 0.15) is 10.6 Å². The number of nitrogens with one attached hydrogen (secondary N) is 3. The van der Waals surface area contributed by atoms with Crippen LogP contribution in [0.15, 0.2) is 65.7 Å². The van der Waals surface area contributed by atoms with E-state index in [4.69, 9.17) is 34.8 Å². The third-order valence-corrected chi connectivity index (χ3v) is 8.12. The summed E-state index contributed by atoms with van der Waals surface area (Å²) in [5, 5.41) is 10.6. The van der Waals surface area contributed by atoms with E-state index in [1.807, 2.05) is 13.8 Å². The Kier molecular flexibility index (Phi) is 9.35. The maximum atomic E-state index is 13.7. The summed E-state index contributed by atoms with van der Waals surface area (Å²) in [6.07, 6.45) is 1.47. The summed E-state index contributed by atoms with van der Waals surface area (Å²) >= 11 is 18.6. The summed E-state index contributed by atoms with van der Waals surface area (Å²) < 4.78 is 29.4. The number of pyridine rings is 1. The van der Waals surface area contributed by atoms with E-state index >= 15 is 0 Å². The van der Waals surface area contributed by atoms with Gasteiger partial charge in [-0.3, -0.25) is 9.59 Å². The molecule has 0 radical (unpaired) electrons. The highest BCUT2D eigenvalue weighted by Gasteiger charge is 2.24. The van der Waals surface area contributed by atoms with Gasteiger partial charge in [-0.05, 0) is 68.8 Å². The Morgan fingerprint density at radius 1 is 0.976 bits per heavy atom. The quantitative estimate of drug-likeness (QED) is 0.225. The second-order valence-corrected chi connectivity index (χ2v) is 12.2. The Balaban J connectivity index is 1.71. The number of carbonyl (C=O) groups is 2. The molecule has 0 spiro atoms. The van der Waals surface area contributed by atoms with E-state index in [-0.39, 0.29) is 56.0 Å². The van der Waals surface area contributed by atoms with Gasteiger partial charge >= 0.3 is 0 Å². The number of nitrogens with zero attached hydrogens (tertiary/aromatic N) is 3. The molecule has 0 atom stereocenters. The molecular weight excluding hydrogens is 611 g/mol. The number of sulfonamides is 1. The zero-order valence-electron chi connectivity index (χ0n) is 22.1. The minimum absolute atomic E-state index is 0.0119. The minimum atomic E-state index is -4.00. The Morgan fingerprint density at radius 3 is 2.37 bits per heavy atom. The second kappa shape index (κ2) is 12.6. The lowest BCUT2D eigenvalue weighted by Crippen LogP contribution is -2.31. The standard InChI is InChI=1S/C27H25Cl3N6O4S/c1-15(2)33-26(37)19-12-17(28)11-16(3)24(19)34-27(38)22-13-18(35-36(22)25-21(30)8-6-10-31-25)14-32-41(39,40)23-9-5-4-7-20(23)29/h4-13,15,32H,14H2,1-3H3,(H,33,37)(H,34,38). The monoisotopic (exact) mass is 634 g/mol. The van der Waals surface area contributed by atoms with Crippen LogP contribution in [0.4, 0.5) is 5.69 Å². The van der Waals surface area contributed by atoms with Gasteiger partial charge in [0, 0.05) is 17.3 Å². The number of anilines is 1. The number of aryl methyl sites for hydroxylation is 1. The zero-order chi connectivity index (χ0) is 29.9. The normalized spacial score (nSPS) is 11.5. The van der Waals surface area contributed by atoms with Crippen LogP contribution in [0.1, 0.15) is 46.0 Å². The summed E-state index contributed by atoms with van der Waals surface area (Å²) in [4.78, 5) is 30.7. The van der Waals surface area contributed by atoms with Crippen molar-refractivity contribution in [2.75, 3.05) is 5.32 Å². The predicted molar refractivity (Wildman–Crippen MR) is 159 cm³/mol. The number of rotatable bonds is 9. The summed E-state index contributed by atoms with van der Waals surface area (Å²) in [6, 6.07) is 13.5. The van der Waals surface area contributed by atoms with Crippen molar-refractivity contribution in [1.82, 2.24) is 24.8 Å². The summed E-state index contributed by atoms with van der Waals surface area (Å²) in [5.41, 5.74) is 1.15. The number of carbonyl (C=O) groups excluding carboxylic acids is 2. The molecule has 4 rings (SSSR count). The minimum Gasteiger partial charge on any atom is -0.350 e. The topological polar surface area (TPSA) is 135 Å². The Bertz CT molecular complexity index is 1740. The van der Waals surface area contributed by atoms with Gasteiger partial charge in [0.15, 0.2) is 5.82 Å². The first-order chi connectivity index (χ1) is 19.4. The molecule has 0 aliphatic rings. The fraction of sp³-hybridized carbons (Fsp3) is 0.185. The molecule has 0 aliphatic carbocycles. The summed E-state index contributed by atoms with van der Waals surface area (Å²) in [7, 11) is -4.00. The highest BCUT2D eigenvalue weighted by Crippen LogP contribution is 2.28. The van der Waals surface area contributed by atoms with Gasteiger partial charge in [0.2, 0.25) is 10.0 Å². The molecule has 10 nitrogen and oxygen atoms in total. The van der Waals surface area contributed by atoms with E-state index in [1.165, 1.54) is 35.1 Å². The first-order valence-corrected chi connectivity index (χ1v) is 14.9. The van der Waals surface area contributed by atoms with Crippen LogP contribution in [0.25, 0.3) is 5.82 Å². The van der Waals surface area contributed by atoms with Crippen LogP contribution in [-0.2, 0) is 16.6 Å². The molecule has 0 saturated heterocycles. The number of halogens is 3. The lowest BCUT2D eigenvalue weighted by Gasteiger charge is -2.16. The first-order valence-electron chi connectivity index (χ1n) is 12.2. The van der Waals surface area contributed by atoms with Gasteiger partial charge in [-0.25, -0.2) is 22.8 Å². The number of benzene rings is 2. The molecule has 3 N–H and O–H groups in total. The molecule has 0 bridgehead atoms. The fourth-order valence-corrected chi connectivity index (χ4v) is 5.88. The molecule has 0 aliphatic heterocycles. The van der Waals surface area contributed by atoms with Crippen molar-refractivity contribution in [3.63, 3.8) is 0 Å². The Hall–Kier alpha value is -3.48. The van der Waals surface area contributed by atoms with E-state index in [0.717, 1.165) is 0 Å². The van der Waals surface area contributed by atoms with Crippen LogP contribution in [0.5, 0.6) is 0 Å². The molecule has 14 heteroatoms. The number of aromatic nitrogens is 3. The van der Waals surface area contributed by atoms with Crippen molar-refractivity contribution in [2.24, 2.45) is 0 Å². The Morgan fingerprint density at radius 2 is 1.68 bits per heavy atom. The molecule has 0 saturated carbocycles. The van der Waals surface area contributed by atoms with Gasteiger partial charge in [-0.1, -0.05) is 46.9 Å². The third kappa shape index (κ3) is 7.06. The molecule has 0 unspecified atom stereocenters. The summed E-state index contributed by atoms with van der Waals surface area (Å²) in [6.45, 7) is 5.05. The average molecular weight is 636 g/mol. The van der Waals surface area contributed by atoms with Crippen LogP contribution in [0.2, 0.25) is 15.1 Å². The fourth-order valence-electron chi connectivity index (χ4n) is 3.89. The van der Waals surface area contributed by atoms with Crippen molar-refractivity contribution in [1.29, 1.82) is 0 Å². The second-order valence-electron chi connectivity index (χ2n) is 9.22. The smallest absolute Gasteiger partial charge is 0.274 e. The van der Waals surface area contributed by atoms with Gasteiger partial charge in [-0.2, -0.15) is 5.10 Å². The van der Waals surface area contributed by atoms with Crippen molar-refractivity contribution in [3.05, 3.63) is 98.4 Å². The molecule has 2 aromatic carbocycles.